The van der Waals surface area contributed by atoms with Gasteiger partial charge in [-0.25, -0.2) is 4.98 Å². The second-order valence-electron chi connectivity index (χ2n) is 12.8. The third-order valence-corrected chi connectivity index (χ3v) is 9.70. The number of nitrogens with zero attached hydrogens (tertiary/aromatic N) is 2. The molecule has 51 heavy (non-hydrogen) atoms. The molecule has 4 nitrogen and oxygen atoms in total. The number of furan rings is 1. The molecule has 10 rings (SSSR count). The van der Waals surface area contributed by atoms with E-state index >= 15 is 0 Å². The number of benzene rings is 8. The highest BCUT2D eigenvalue weighted by Gasteiger charge is 2.20. The molecule has 0 fully saturated rings. The molecule has 0 aliphatic rings. The third-order valence-electron chi connectivity index (χ3n) is 9.70. The van der Waals surface area contributed by atoms with Gasteiger partial charge in [0.05, 0.1) is 5.69 Å². The van der Waals surface area contributed by atoms with Crippen molar-refractivity contribution in [2.75, 3.05) is 4.90 Å². The van der Waals surface area contributed by atoms with Crippen molar-refractivity contribution in [2.24, 2.45) is 0 Å². The zero-order valence-corrected chi connectivity index (χ0v) is 27.5. The lowest BCUT2D eigenvalue weighted by Crippen LogP contribution is -2.11. The van der Waals surface area contributed by atoms with E-state index in [0.717, 1.165) is 66.8 Å². The summed E-state index contributed by atoms with van der Waals surface area (Å²) in [6, 6.07) is 63.5. The molecule has 0 aliphatic carbocycles. The van der Waals surface area contributed by atoms with Crippen molar-refractivity contribution in [3.63, 3.8) is 0 Å². The fourth-order valence-electron chi connectivity index (χ4n) is 7.25. The van der Waals surface area contributed by atoms with E-state index in [2.05, 4.69) is 144 Å². The van der Waals surface area contributed by atoms with Gasteiger partial charge in [-0.05, 0) is 76.0 Å². The molecule has 0 saturated heterocycles. The monoisotopic (exact) mass is 654 g/mol. The van der Waals surface area contributed by atoms with Crippen molar-refractivity contribution in [2.45, 2.75) is 0 Å². The van der Waals surface area contributed by atoms with E-state index < -0.39 is 0 Å². The van der Waals surface area contributed by atoms with Crippen molar-refractivity contribution < 1.29 is 8.83 Å². The van der Waals surface area contributed by atoms with Crippen LogP contribution < -0.4 is 4.90 Å². The van der Waals surface area contributed by atoms with E-state index in [1.807, 2.05) is 42.5 Å². The standard InChI is InChI=1S/C47H30N2O2/c1-3-12-32(13-4-1)39-19-9-10-21-43(39)49(35-24-22-33(23-25-35)38-20-11-17-31-14-7-8-18-37(31)38)36-26-27-40-41-29-46-42(30-45(41)50-44(40)28-36)48-47(51-46)34-15-5-2-6-16-34/h1-30H. The van der Waals surface area contributed by atoms with Gasteiger partial charge in [0, 0.05) is 45.4 Å². The van der Waals surface area contributed by atoms with Gasteiger partial charge in [0.2, 0.25) is 5.89 Å². The van der Waals surface area contributed by atoms with Crippen LogP contribution in [-0.2, 0) is 0 Å². The summed E-state index contributed by atoms with van der Waals surface area (Å²) in [5.74, 6) is 0.601. The molecule has 4 heteroatoms. The molecule has 8 aromatic carbocycles. The Morgan fingerprint density at radius 2 is 1.04 bits per heavy atom. The molecule has 0 bridgehead atoms. The maximum absolute atomic E-state index is 6.56. The molecule has 0 radical (unpaired) electrons. The van der Waals surface area contributed by atoms with Crippen LogP contribution in [0.5, 0.6) is 0 Å². The van der Waals surface area contributed by atoms with Crippen LogP contribution >= 0.6 is 0 Å². The number of rotatable bonds is 6. The Bertz CT molecular complexity index is 2850. The zero-order chi connectivity index (χ0) is 33.7. The van der Waals surface area contributed by atoms with Crippen LogP contribution in [0.4, 0.5) is 17.1 Å². The van der Waals surface area contributed by atoms with Crippen molar-refractivity contribution in [1.82, 2.24) is 4.98 Å². The molecule has 0 atom stereocenters. The Hall–Kier alpha value is -6.91. The number of hydrogen-bond acceptors (Lipinski definition) is 4. The van der Waals surface area contributed by atoms with Gasteiger partial charge in [0.25, 0.3) is 0 Å². The van der Waals surface area contributed by atoms with Gasteiger partial charge in [0.1, 0.15) is 16.7 Å². The zero-order valence-electron chi connectivity index (χ0n) is 27.5. The Morgan fingerprint density at radius 3 is 1.88 bits per heavy atom. The summed E-state index contributed by atoms with van der Waals surface area (Å²) in [4.78, 5) is 7.10. The summed E-state index contributed by atoms with van der Waals surface area (Å²) in [6.07, 6.45) is 0. The number of oxazole rings is 1. The summed E-state index contributed by atoms with van der Waals surface area (Å²) in [7, 11) is 0. The highest BCUT2D eigenvalue weighted by Crippen LogP contribution is 2.44. The number of para-hydroxylation sites is 1. The molecule has 2 aromatic heterocycles. The van der Waals surface area contributed by atoms with E-state index in [9.17, 15) is 0 Å². The molecule has 0 N–H and O–H groups in total. The second-order valence-corrected chi connectivity index (χ2v) is 12.8. The summed E-state index contributed by atoms with van der Waals surface area (Å²) < 4.78 is 12.8. The van der Waals surface area contributed by atoms with Gasteiger partial charge in [0.15, 0.2) is 5.58 Å². The van der Waals surface area contributed by atoms with Crippen LogP contribution in [0.2, 0.25) is 0 Å². The average molecular weight is 655 g/mol. The van der Waals surface area contributed by atoms with Gasteiger partial charge in [-0.15, -0.1) is 0 Å². The third kappa shape index (κ3) is 5.04. The summed E-state index contributed by atoms with van der Waals surface area (Å²) in [5.41, 5.74) is 11.8. The van der Waals surface area contributed by atoms with Gasteiger partial charge in [-0.2, -0.15) is 0 Å². The molecule has 0 amide bonds. The van der Waals surface area contributed by atoms with Gasteiger partial charge in [-0.3, -0.25) is 0 Å². The van der Waals surface area contributed by atoms with Crippen molar-refractivity contribution in [1.29, 1.82) is 0 Å². The van der Waals surface area contributed by atoms with Crippen molar-refractivity contribution in [3.05, 3.63) is 182 Å². The van der Waals surface area contributed by atoms with E-state index in [1.165, 1.54) is 21.9 Å². The molecular weight excluding hydrogens is 625 g/mol. The number of aromatic nitrogens is 1. The quantitative estimate of drug-likeness (QED) is 0.179. The predicted octanol–water partition coefficient (Wildman–Crippen LogP) is 13.4. The van der Waals surface area contributed by atoms with Crippen LogP contribution in [0.25, 0.3) is 77.5 Å². The first kappa shape index (κ1) is 29.0. The highest BCUT2D eigenvalue weighted by molar-refractivity contribution is 6.10. The molecule has 10 aromatic rings. The lowest BCUT2D eigenvalue weighted by atomic mass is 9.97. The van der Waals surface area contributed by atoms with Crippen LogP contribution in [0.1, 0.15) is 0 Å². The van der Waals surface area contributed by atoms with Crippen LogP contribution in [0.3, 0.4) is 0 Å². The Kier molecular flexibility index (Phi) is 6.78. The summed E-state index contributed by atoms with van der Waals surface area (Å²) in [5, 5.41) is 4.50. The normalized spacial score (nSPS) is 11.5. The minimum atomic E-state index is 0.601. The number of anilines is 3. The maximum Gasteiger partial charge on any atom is 0.227 e. The smallest absolute Gasteiger partial charge is 0.227 e. The number of fused-ring (bicyclic) bond motifs is 5. The topological polar surface area (TPSA) is 42.4 Å². The second kappa shape index (κ2) is 11.9. The molecule has 2 heterocycles. The van der Waals surface area contributed by atoms with Crippen LogP contribution in [-0.4, -0.2) is 4.98 Å². The average Bonchev–Trinajstić information content (AvgIpc) is 3.78. The van der Waals surface area contributed by atoms with E-state index in [-0.39, 0.29) is 0 Å². The fourth-order valence-corrected chi connectivity index (χ4v) is 7.25. The highest BCUT2D eigenvalue weighted by atomic mass is 16.4. The predicted molar refractivity (Wildman–Crippen MR) is 210 cm³/mol. The SMILES string of the molecule is c1ccc(-c2nc3cc4oc5cc(N(c6ccc(-c7cccc8ccccc78)cc6)c6ccccc6-c6ccccc6)ccc5c4cc3o2)cc1. The lowest BCUT2D eigenvalue weighted by molar-refractivity contribution is 0.620. The lowest BCUT2D eigenvalue weighted by Gasteiger charge is -2.28. The molecule has 0 saturated carbocycles. The summed E-state index contributed by atoms with van der Waals surface area (Å²) >= 11 is 0. The first-order valence-electron chi connectivity index (χ1n) is 17.1. The molecule has 0 aliphatic heterocycles. The molecule has 0 unspecified atom stereocenters. The first-order valence-corrected chi connectivity index (χ1v) is 17.1. The van der Waals surface area contributed by atoms with Crippen LogP contribution in [0.15, 0.2) is 191 Å². The minimum absolute atomic E-state index is 0.601. The van der Waals surface area contributed by atoms with Crippen molar-refractivity contribution in [3.8, 4) is 33.7 Å². The van der Waals surface area contributed by atoms with Gasteiger partial charge >= 0.3 is 0 Å². The van der Waals surface area contributed by atoms with E-state index in [0.29, 0.717) is 5.89 Å². The Balaban J connectivity index is 1.11. The molecule has 0 spiro atoms. The molecular formula is C47H30N2O2. The maximum atomic E-state index is 6.56. The Labute approximate surface area is 294 Å². The first-order chi connectivity index (χ1) is 25.3. The van der Waals surface area contributed by atoms with Gasteiger partial charge in [-0.1, -0.05) is 121 Å². The van der Waals surface area contributed by atoms with Crippen LogP contribution in [0, 0.1) is 0 Å². The largest absolute Gasteiger partial charge is 0.456 e. The molecule has 240 valence electrons. The number of hydrogen-bond donors (Lipinski definition) is 0. The summed E-state index contributed by atoms with van der Waals surface area (Å²) in [6.45, 7) is 0. The Morgan fingerprint density at radius 1 is 0.392 bits per heavy atom. The van der Waals surface area contributed by atoms with Gasteiger partial charge < -0.3 is 13.7 Å². The van der Waals surface area contributed by atoms with E-state index in [1.54, 1.807) is 0 Å². The fraction of sp³-hybridized carbons (Fsp3) is 0. The van der Waals surface area contributed by atoms with Crippen molar-refractivity contribution >= 4 is 60.9 Å². The van der Waals surface area contributed by atoms with E-state index in [4.69, 9.17) is 13.8 Å². The minimum Gasteiger partial charge on any atom is -0.456 e.